The summed E-state index contributed by atoms with van der Waals surface area (Å²) in [6.45, 7) is 6.08. The maximum Gasteiger partial charge on any atom is 0.245 e. The molecule has 1 fully saturated rings. The minimum absolute atomic E-state index is 0.0638. The number of unbranched alkanes of at least 4 members (excludes halogenated alkanes) is 2. The number of likely N-dealkylation sites (tertiary alicyclic amines) is 1. The van der Waals surface area contributed by atoms with E-state index in [0.717, 1.165) is 39.0 Å². The van der Waals surface area contributed by atoms with Crippen molar-refractivity contribution in [1.82, 2.24) is 10.2 Å². The van der Waals surface area contributed by atoms with Crippen LogP contribution < -0.4 is 5.32 Å². The third-order valence-corrected chi connectivity index (χ3v) is 3.59. The number of ether oxygens (including phenoxy) is 2. The van der Waals surface area contributed by atoms with Gasteiger partial charge >= 0.3 is 0 Å². The summed E-state index contributed by atoms with van der Waals surface area (Å²) in [5.41, 5.74) is 0. The van der Waals surface area contributed by atoms with Crippen molar-refractivity contribution < 1.29 is 14.3 Å². The maximum atomic E-state index is 10.9. The standard InChI is InChI=1S/C15H30N2O3/c1-16-15(18)14-20-12-7-3-6-11-19-13-10-17-8-4-2-5-9-17/h2-14H2,1H3,(H,16,18). The van der Waals surface area contributed by atoms with E-state index in [1.54, 1.807) is 7.05 Å². The van der Waals surface area contributed by atoms with Gasteiger partial charge in [-0.25, -0.2) is 0 Å². The van der Waals surface area contributed by atoms with Crippen molar-refractivity contribution in [3.63, 3.8) is 0 Å². The van der Waals surface area contributed by atoms with Crippen molar-refractivity contribution in [2.24, 2.45) is 0 Å². The lowest BCUT2D eigenvalue weighted by Crippen LogP contribution is -2.32. The van der Waals surface area contributed by atoms with Crippen LogP contribution >= 0.6 is 0 Å². The predicted octanol–water partition coefficient (Wildman–Crippen LogP) is 1.42. The van der Waals surface area contributed by atoms with Crippen LogP contribution in [0.2, 0.25) is 0 Å². The number of rotatable bonds is 11. The van der Waals surface area contributed by atoms with E-state index in [4.69, 9.17) is 9.47 Å². The fourth-order valence-electron chi connectivity index (χ4n) is 2.30. The molecule has 0 aromatic heterocycles. The van der Waals surface area contributed by atoms with Gasteiger partial charge in [-0.3, -0.25) is 4.79 Å². The van der Waals surface area contributed by atoms with Crippen molar-refractivity contribution in [2.45, 2.75) is 38.5 Å². The Kier molecular flexibility index (Phi) is 10.5. The number of nitrogens with one attached hydrogen (secondary N) is 1. The lowest BCUT2D eigenvalue weighted by atomic mass is 10.1. The van der Waals surface area contributed by atoms with Crippen LogP contribution in [0.15, 0.2) is 0 Å². The van der Waals surface area contributed by atoms with Gasteiger partial charge in [0.2, 0.25) is 5.91 Å². The zero-order valence-electron chi connectivity index (χ0n) is 12.9. The molecule has 0 unspecified atom stereocenters. The first-order valence-corrected chi connectivity index (χ1v) is 7.91. The summed E-state index contributed by atoms with van der Waals surface area (Å²) in [6, 6.07) is 0. The Balaban J connectivity index is 1.75. The first-order valence-electron chi connectivity index (χ1n) is 7.91. The third kappa shape index (κ3) is 9.28. The predicted molar refractivity (Wildman–Crippen MR) is 79.8 cm³/mol. The number of piperidine rings is 1. The number of likely N-dealkylation sites (N-methyl/N-ethyl adjacent to an activating group) is 1. The second kappa shape index (κ2) is 12.1. The molecule has 0 aromatic carbocycles. The molecule has 0 spiro atoms. The molecule has 5 nitrogen and oxygen atoms in total. The van der Waals surface area contributed by atoms with E-state index in [1.165, 1.54) is 32.4 Å². The van der Waals surface area contributed by atoms with Gasteiger partial charge in [-0.1, -0.05) is 6.42 Å². The molecular formula is C15H30N2O3. The topological polar surface area (TPSA) is 50.8 Å². The molecule has 5 heteroatoms. The number of hydrogen-bond donors (Lipinski definition) is 1. The zero-order valence-corrected chi connectivity index (χ0v) is 12.9. The zero-order chi connectivity index (χ0) is 14.5. The van der Waals surface area contributed by atoms with Gasteiger partial charge in [-0.2, -0.15) is 0 Å². The van der Waals surface area contributed by atoms with Crippen molar-refractivity contribution in [3.05, 3.63) is 0 Å². The van der Waals surface area contributed by atoms with Gasteiger partial charge in [0.1, 0.15) is 6.61 Å². The van der Waals surface area contributed by atoms with E-state index in [-0.39, 0.29) is 12.5 Å². The Bertz CT molecular complexity index is 243. The minimum Gasteiger partial charge on any atom is -0.380 e. The number of hydrogen-bond acceptors (Lipinski definition) is 4. The van der Waals surface area contributed by atoms with Gasteiger partial charge < -0.3 is 19.7 Å². The number of carbonyl (C=O) groups is 1. The van der Waals surface area contributed by atoms with Crippen molar-refractivity contribution >= 4 is 5.91 Å². The quantitative estimate of drug-likeness (QED) is 0.584. The van der Waals surface area contributed by atoms with Gasteiger partial charge in [0, 0.05) is 26.8 Å². The first kappa shape index (κ1) is 17.4. The Labute approximate surface area is 123 Å². The van der Waals surface area contributed by atoms with E-state index in [0.29, 0.717) is 6.61 Å². The maximum absolute atomic E-state index is 10.9. The Morgan fingerprint density at radius 2 is 1.70 bits per heavy atom. The largest absolute Gasteiger partial charge is 0.380 e. The molecule has 0 radical (unpaired) electrons. The molecular weight excluding hydrogens is 256 g/mol. The minimum atomic E-state index is -0.0638. The van der Waals surface area contributed by atoms with E-state index in [1.807, 2.05) is 0 Å². The van der Waals surface area contributed by atoms with Crippen molar-refractivity contribution in [1.29, 1.82) is 0 Å². The summed E-state index contributed by atoms with van der Waals surface area (Å²) < 4.78 is 10.9. The molecule has 1 heterocycles. The normalized spacial score (nSPS) is 16.2. The SMILES string of the molecule is CNC(=O)COCCCCCOCCN1CCCCC1. The van der Waals surface area contributed by atoms with Gasteiger partial charge in [-0.05, 0) is 45.2 Å². The highest BCUT2D eigenvalue weighted by Gasteiger charge is 2.08. The molecule has 1 saturated heterocycles. The molecule has 1 aliphatic heterocycles. The molecule has 0 aliphatic carbocycles. The van der Waals surface area contributed by atoms with Crippen LogP contribution in [-0.2, 0) is 14.3 Å². The molecule has 118 valence electrons. The van der Waals surface area contributed by atoms with E-state index in [9.17, 15) is 4.79 Å². The Morgan fingerprint density at radius 1 is 1.00 bits per heavy atom. The fourth-order valence-corrected chi connectivity index (χ4v) is 2.30. The van der Waals surface area contributed by atoms with E-state index < -0.39 is 0 Å². The highest BCUT2D eigenvalue weighted by molar-refractivity contribution is 5.76. The van der Waals surface area contributed by atoms with Crippen molar-refractivity contribution in [2.75, 3.05) is 53.1 Å². The summed E-state index contributed by atoms with van der Waals surface area (Å²) in [6.07, 6.45) is 7.23. The lowest BCUT2D eigenvalue weighted by Gasteiger charge is -2.26. The van der Waals surface area contributed by atoms with Crippen LogP contribution in [0.3, 0.4) is 0 Å². The second-order valence-electron chi connectivity index (χ2n) is 5.30. The van der Waals surface area contributed by atoms with Crippen molar-refractivity contribution in [3.8, 4) is 0 Å². The van der Waals surface area contributed by atoms with Crippen LogP contribution in [0.5, 0.6) is 0 Å². The first-order chi connectivity index (χ1) is 9.83. The van der Waals surface area contributed by atoms with Crippen LogP contribution in [0.25, 0.3) is 0 Å². The Morgan fingerprint density at radius 3 is 2.40 bits per heavy atom. The molecule has 0 atom stereocenters. The molecule has 1 N–H and O–H groups in total. The average molecular weight is 286 g/mol. The second-order valence-corrected chi connectivity index (χ2v) is 5.30. The summed E-state index contributed by atoms with van der Waals surface area (Å²) >= 11 is 0. The average Bonchev–Trinajstić information content (AvgIpc) is 2.50. The number of amides is 1. The molecule has 0 aromatic rings. The highest BCUT2D eigenvalue weighted by atomic mass is 16.5. The fraction of sp³-hybridized carbons (Fsp3) is 0.933. The van der Waals surface area contributed by atoms with Gasteiger partial charge in [0.25, 0.3) is 0 Å². The molecule has 0 bridgehead atoms. The Hall–Kier alpha value is -0.650. The summed E-state index contributed by atoms with van der Waals surface area (Å²) in [5, 5.41) is 2.53. The molecule has 1 aliphatic rings. The molecule has 1 amide bonds. The van der Waals surface area contributed by atoms with E-state index in [2.05, 4.69) is 10.2 Å². The number of carbonyl (C=O) groups excluding carboxylic acids is 1. The third-order valence-electron chi connectivity index (χ3n) is 3.59. The van der Waals surface area contributed by atoms with Gasteiger partial charge in [0.05, 0.1) is 6.61 Å². The smallest absolute Gasteiger partial charge is 0.245 e. The van der Waals surface area contributed by atoms with Crippen LogP contribution in [0.4, 0.5) is 0 Å². The monoisotopic (exact) mass is 286 g/mol. The van der Waals surface area contributed by atoms with Crippen LogP contribution in [0, 0.1) is 0 Å². The van der Waals surface area contributed by atoms with E-state index >= 15 is 0 Å². The molecule has 0 saturated carbocycles. The van der Waals surface area contributed by atoms with Gasteiger partial charge in [0.15, 0.2) is 0 Å². The summed E-state index contributed by atoms with van der Waals surface area (Å²) in [5.74, 6) is -0.0638. The molecule has 20 heavy (non-hydrogen) atoms. The number of nitrogens with zero attached hydrogens (tertiary/aromatic N) is 1. The lowest BCUT2D eigenvalue weighted by molar-refractivity contribution is -0.125. The summed E-state index contributed by atoms with van der Waals surface area (Å²) in [7, 11) is 1.62. The van der Waals surface area contributed by atoms with Gasteiger partial charge in [-0.15, -0.1) is 0 Å². The van der Waals surface area contributed by atoms with Crippen LogP contribution in [0.1, 0.15) is 38.5 Å². The van der Waals surface area contributed by atoms with Crippen LogP contribution in [-0.4, -0.2) is 63.9 Å². The summed E-state index contributed by atoms with van der Waals surface area (Å²) in [4.78, 5) is 13.4. The molecule has 1 rings (SSSR count). The highest BCUT2D eigenvalue weighted by Crippen LogP contribution is 2.07.